The van der Waals surface area contributed by atoms with E-state index < -0.39 is 0 Å². The van der Waals surface area contributed by atoms with Gasteiger partial charge >= 0.3 is 6.03 Å². The first-order valence-electron chi connectivity index (χ1n) is 7.00. The third-order valence-electron chi connectivity index (χ3n) is 2.76. The normalized spacial score (nSPS) is 9.91. The van der Waals surface area contributed by atoms with Gasteiger partial charge in [0.25, 0.3) is 0 Å². The number of hydrogen-bond donors (Lipinski definition) is 2. The molecule has 0 aliphatic carbocycles. The summed E-state index contributed by atoms with van der Waals surface area (Å²) in [4.78, 5) is 15.7. The van der Waals surface area contributed by atoms with Crippen LogP contribution in [0.5, 0.6) is 11.5 Å². The molecule has 2 aromatic rings. The van der Waals surface area contributed by atoms with Crippen LogP contribution in [0, 0.1) is 6.92 Å². The van der Waals surface area contributed by atoms with Crippen molar-refractivity contribution in [3.8, 4) is 11.5 Å². The minimum atomic E-state index is -0.373. The Labute approximate surface area is 129 Å². The number of urea groups is 1. The van der Waals surface area contributed by atoms with Crippen LogP contribution in [0.15, 0.2) is 42.6 Å². The molecule has 0 saturated heterocycles. The molecular weight excluding hydrogens is 282 g/mol. The number of carbonyl (C=O) groups excluding carboxylic acids is 1. The number of amides is 2. The highest BCUT2D eigenvalue weighted by Gasteiger charge is 2.02. The topological polar surface area (TPSA) is 72.5 Å². The molecule has 22 heavy (non-hydrogen) atoms. The minimum absolute atomic E-state index is 0.0612. The largest absolute Gasteiger partial charge is 0.494 e. The van der Waals surface area contributed by atoms with Crippen molar-refractivity contribution in [3.05, 3.63) is 48.2 Å². The smallest absolute Gasteiger partial charge is 0.323 e. The van der Waals surface area contributed by atoms with E-state index >= 15 is 0 Å². The van der Waals surface area contributed by atoms with Gasteiger partial charge in [-0.05, 0) is 49.7 Å². The molecule has 1 aromatic heterocycles. The van der Waals surface area contributed by atoms with Crippen molar-refractivity contribution < 1.29 is 14.3 Å². The van der Waals surface area contributed by atoms with Crippen LogP contribution >= 0.6 is 0 Å². The van der Waals surface area contributed by atoms with Gasteiger partial charge in [0, 0.05) is 6.20 Å². The molecule has 0 bridgehead atoms. The Morgan fingerprint density at radius 2 is 1.77 bits per heavy atom. The van der Waals surface area contributed by atoms with E-state index in [-0.39, 0.29) is 12.8 Å². The summed E-state index contributed by atoms with van der Waals surface area (Å²) in [6.45, 7) is 4.54. The third kappa shape index (κ3) is 4.97. The molecule has 0 aliphatic heterocycles. The number of pyridine rings is 1. The fourth-order valence-corrected chi connectivity index (χ4v) is 1.69. The second kappa shape index (κ2) is 7.87. The fraction of sp³-hybridized carbons (Fsp3) is 0.250. The van der Waals surface area contributed by atoms with E-state index in [4.69, 9.17) is 9.47 Å². The molecule has 6 nitrogen and oxygen atoms in total. The summed E-state index contributed by atoms with van der Waals surface area (Å²) >= 11 is 0. The molecular formula is C16H19N3O3. The minimum Gasteiger partial charge on any atom is -0.494 e. The summed E-state index contributed by atoms with van der Waals surface area (Å²) in [6.07, 6.45) is 1.69. The number of rotatable bonds is 6. The Kier molecular flexibility index (Phi) is 5.59. The Balaban J connectivity index is 1.73. The van der Waals surface area contributed by atoms with E-state index in [9.17, 15) is 4.79 Å². The monoisotopic (exact) mass is 301 g/mol. The zero-order valence-corrected chi connectivity index (χ0v) is 12.6. The first kappa shape index (κ1) is 15.6. The van der Waals surface area contributed by atoms with Crippen LogP contribution in [0.2, 0.25) is 0 Å². The van der Waals surface area contributed by atoms with Crippen LogP contribution in [0.1, 0.15) is 12.5 Å². The van der Waals surface area contributed by atoms with Crippen molar-refractivity contribution in [3.63, 3.8) is 0 Å². The number of benzene rings is 1. The molecule has 1 aromatic carbocycles. The molecule has 2 rings (SSSR count). The molecule has 0 radical (unpaired) electrons. The van der Waals surface area contributed by atoms with Crippen molar-refractivity contribution in [2.24, 2.45) is 0 Å². The standard InChI is InChI=1S/C16H19N3O3/c1-3-21-13-5-7-14(8-6-13)22-11-18-16(20)19-15-9-4-12(2)10-17-15/h4-10H,3,11H2,1-2H3,(H2,17,18,19,20). The number of nitrogens with zero attached hydrogens (tertiary/aromatic N) is 1. The number of carbonyl (C=O) groups is 1. The van der Waals surface area contributed by atoms with Crippen LogP contribution < -0.4 is 20.1 Å². The molecule has 1 heterocycles. The zero-order valence-electron chi connectivity index (χ0n) is 12.6. The summed E-state index contributed by atoms with van der Waals surface area (Å²) in [7, 11) is 0. The molecule has 0 aliphatic rings. The molecule has 0 spiro atoms. The van der Waals surface area contributed by atoms with Crippen LogP contribution in [0.3, 0.4) is 0 Å². The summed E-state index contributed by atoms with van der Waals surface area (Å²) in [5.74, 6) is 1.92. The highest BCUT2D eigenvalue weighted by molar-refractivity contribution is 5.88. The second-order valence-electron chi connectivity index (χ2n) is 4.54. The van der Waals surface area contributed by atoms with Crippen LogP contribution in [0.25, 0.3) is 0 Å². The molecule has 0 atom stereocenters. The average molecular weight is 301 g/mol. The summed E-state index contributed by atoms with van der Waals surface area (Å²) in [5, 5.41) is 5.21. The van der Waals surface area contributed by atoms with E-state index in [1.165, 1.54) is 0 Å². The van der Waals surface area contributed by atoms with Crippen molar-refractivity contribution in [1.29, 1.82) is 0 Å². The molecule has 2 N–H and O–H groups in total. The number of anilines is 1. The van der Waals surface area contributed by atoms with E-state index in [0.29, 0.717) is 18.2 Å². The Hall–Kier alpha value is -2.76. The SMILES string of the molecule is CCOc1ccc(OCNC(=O)Nc2ccc(C)cn2)cc1. The summed E-state index contributed by atoms with van der Waals surface area (Å²) in [5.41, 5.74) is 1.03. The van der Waals surface area contributed by atoms with Crippen molar-refractivity contribution in [2.75, 3.05) is 18.7 Å². The molecule has 0 fully saturated rings. The van der Waals surface area contributed by atoms with Gasteiger partial charge in [-0.2, -0.15) is 0 Å². The number of nitrogens with one attached hydrogen (secondary N) is 2. The third-order valence-corrected chi connectivity index (χ3v) is 2.76. The van der Waals surface area contributed by atoms with Crippen molar-refractivity contribution in [1.82, 2.24) is 10.3 Å². The number of ether oxygens (including phenoxy) is 2. The van der Waals surface area contributed by atoms with E-state index in [2.05, 4.69) is 15.6 Å². The Bertz CT molecular complexity index is 597. The second-order valence-corrected chi connectivity index (χ2v) is 4.54. The quantitative estimate of drug-likeness (QED) is 0.805. The van der Waals surface area contributed by atoms with Crippen LogP contribution in [-0.2, 0) is 0 Å². The van der Waals surface area contributed by atoms with Gasteiger partial charge in [-0.3, -0.25) is 5.32 Å². The lowest BCUT2D eigenvalue weighted by Crippen LogP contribution is -2.32. The van der Waals surface area contributed by atoms with E-state index in [1.807, 2.05) is 32.0 Å². The molecule has 0 saturated carbocycles. The molecule has 0 unspecified atom stereocenters. The van der Waals surface area contributed by atoms with Gasteiger partial charge in [-0.15, -0.1) is 0 Å². The Morgan fingerprint density at radius 3 is 2.36 bits per heavy atom. The maximum Gasteiger partial charge on any atom is 0.323 e. The first-order chi connectivity index (χ1) is 10.7. The van der Waals surface area contributed by atoms with Gasteiger partial charge in [0.1, 0.15) is 17.3 Å². The number of aromatic nitrogens is 1. The Morgan fingerprint density at radius 1 is 1.09 bits per heavy atom. The zero-order chi connectivity index (χ0) is 15.8. The van der Waals surface area contributed by atoms with Crippen LogP contribution in [0.4, 0.5) is 10.6 Å². The van der Waals surface area contributed by atoms with Crippen LogP contribution in [-0.4, -0.2) is 24.4 Å². The average Bonchev–Trinajstić information content (AvgIpc) is 2.52. The van der Waals surface area contributed by atoms with Gasteiger partial charge in [0.2, 0.25) is 0 Å². The van der Waals surface area contributed by atoms with Gasteiger partial charge < -0.3 is 14.8 Å². The fourth-order valence-electron chi connectivity index (χ4n) is 1.69. The van der Waals surface area contributed by atoms with Gasteiger partial charge in [0.05, 0.1) is 6.61 Å². The lowest BCUT2D eigenvalue weighted by molar-refractivity contribution is 0.234. The molecule has 116 valence electrons. The highest BCUT2D eigenvalue weighted by atomic mass is 16.5. The van der Waals surface area contributed by atoms with Crippen molar-refractivity contribution >= 4 is 11.8 Å². The van der Waals surface area contributed by atoms with Gasteiger partial charge in [0.15, 0.2) is 6.73 Å². The van der Waals surface area contributed by atoms with Gasteiger partial charge in [-0.25, -0.2) is 9.78 Å². The predicted octanol–water partition coefficient (Wildman–Crippen LogP) is 2.95. The maximum atomic E-state index is 11.7. The summed E-state index contributed by atoms with van der Waals surface area (Å²) < 4.78 is 10.8. The number of hydrogen-bond acceptors (Lipinski definition) is 4. The molecule has 6 heteroatoms. The summed E-state index contributed by atoms with van der Waals surface area (Å²) in [6, 6.07) is 10.4. The molecule has 2 amide bonds. The maximum absolute atomic E-state index is 11.7. The highest BCUT2D eigenvalue weighted by Crippen LogP contribution is 2.17. The predicted molar refractivity (Wildman–Crippen MR) is 84.2 cm³/mol. The van der Waals surface area contributed by atoms with E-state index in [1.54, 1.807) is 24.4 Å². The van der Waals surface area contributed by atoms with Crippen molar-refractivity contribution in [2.45, 2.75) is 13.8 Å². The first-order valence-corrected chi connectivity index (χ1v) is 7.00. The lowest BCUT2D eigenvalue weighted by atomic mass is 10.3. The van der Waals surface area contributed by atoms with Gasteiger partial charge in [-0.1, -0.05) is 6.07 Å². The lowest BCUT2D eigenvalue weighted by Gasteiger charge is -2.09. The van der Waals surface area contributed by atoms with E-state index in [0.717, 1.165) is 11.3 Å². The number of aryl methyl sites for hydroxylation is 1.